The van der Waals surface area contributed by atoms with Crippen LogP contribution in [0.2, 0.25) is 0 Å². The molecule has 0 aromatic rings. The predicted octanol–water partition coefficient (Wildman–Crippen LogP) is 1.54. The van der Waals surface area contributed by atoms with Crippen LogP contribution < -0.4 is 5.32 Å². The minimum absolute atomic E-state index is 0.00537. The molecule has 0 saturated carbocycles. The van der Waals surface area contributed by atoms with E-state index in [1.807, 2.05) is 0 Å². The number of nitrogens with zero attached hydrogens (tertiary/aromatic N) is 1. The molecule has 4 heteroatoms. The Morgan fingerprint density at radius 1 is 1.20 bits per heavy atom. The predicted molar refractivity (Wildman–Crippen MR) is 68.4 cm³/mol. The van der Waals surface area contributed by atoms with E-state index in [0.29, 0.717) is 18.6 Å². The van der Waals surface area contributed by atoms with E-state index in [4.69, 9.17) is 0 Å². The third-order valence-electron chi connectivity index (χ3n) is 2.38. The van der Waals surface area contributed by atoms with Crippen molar-refractivity contribution in [3.05, 3.63) is 0 Å². The van der Waals surface area contributed by atoms with Crippen LogP contribution in [0.3, 0.4) is 0 Å². The number of hydrogen-bond acceptors (Lipinski definition) is 3. The fourth-order valence-corrected chi connectivity index (χ4v) is 1.66. The Kier molecular flexibility index (Phi) is 7.02. The first kappa shape index (κ1) is 14.8. The lowest BCUT2D eigenvalue weighted by Crippen LogP contribution is -2.43. The summed E-state index contributed by atoms with van der Waals surface area (Å²) in [6.45, 7) is 12.0. The molecule has 1 unspecified atom stereocenters. The van der Waals surface area contributed by atoms with Crippen LogP contribution in [-0.4, -0.2) is 41.2 Å². The van der Waals surface area contributed by atoms with E-state index in [0.717, 1.165) is 6.54 Å². The third-order valence-corrected chi connectivity index (χ3v) is 2.61. The molecule has 0 aliphatic heterocycles. The van der Waals surface area contributed by atoms with Gasteiger partial charge in [0.15, 0.2) is 0 Å². The molecule has 1 amide bonds. The van der Waals surface area contributed by atoms with E-state index < -0.39 is 0 Å². The van der Waals surface area contributed by atoms with Crippen molar-refractivity contribution in [2.75, 3.05) is 13.1 Å². The zero-order valence-electron chi connectivity index (χ0n) is 10.4. The number of hydrogen-bond donors (Lipinski definition) is 2. The van der Waals surface area contributed by atoms with E-state index in [9.17, 15) is 4.79 Å². The van der Waals surface area contributed by atoms with E-state index in [1.165, 1.54) is 0 Å². The van der Waals surface area contributed by atoms with Gasteiger partial charge in [0.1, 0.15) is 0 Å². The van der Waals surface area contributed by atoms with Crippen LogP contribution in [0.1, 0.15) is 34.6 Å². The topological polar surface area (TPSA) is 32.3 Å². The number of thiol groups is 1. The quantitative estimate of drug-likeness (QED) is 0.681. The van der Waals surface area contributed by atoms with Crippen LogP contribution in [-0.2, 0) is 4.79 Å². The number of carbonyl (C=O) groups is 1. The molecule has 0 aromatic carbocycles. The molecule has 0 radical (unpaired) electrons. The zero-order valence-corrected chi connectivity index (χ0v) is 11.3. The minimum Gasteiger partial charge on any atom is -0.354 e. The summed E-state index contributed by atoms with van der Waals surface area (Å²) in [7, 11) is 0. The van der Waals surface area contributed by atoms with Crippen LogP contribution in [0.25, 0.3) is 0 Å². The lowest BCUT2D eigenvalue weighted by atomic mass is 10.2. The van der Waals surface area contributed by atoms with Crippen molar-refractivity contribution in [2.24, 2.45) is 0 Å². The zero-order chi connectivity index (χ0) is 12.0. The standard InChI is InChI=1S/C11H24N2OS/c1-8(2)13(9(3)4)7-6-12-11(14)10(5)15/h8-10,15H,6-7H2,1-5H3,(H,12,14). The van der Waals surface area contributed by atoms with E-state index in [-0.39, 0.29) is 11.2 Å². The molecule has 0 aromatic heterocycles. The van der Waals surface area contributed by atoms with Gasteiger partial charge in [0.25, 0.3) is 0 Å². The maximum absolute atomic E-state index is 11.3. The van der Waals surface area contributed by atoms with Crippen molar-refractivity contribution in [1.29, 1.82) is 0 Å². The Bertz CT molecular complexity index is 185. The monoisotopic (exact) mass is 232 g/mol. The largest absolute Gasteiger partial charge is 0.354 e. The van der Waals surface area contributed by atoms with Gasteiger partial charge in [-0.1, -0.05) is 0 Å². The van der Waals surface area contributed by atoms with Gasteiger partial charge in [-0.2, -0.15) is 12.6 Å². The fourth-order valence-electron chi connectivity index (χ4n) is 1.57. The molecule has 0 saturated heterocycles. The molecule has 0 bridgehead atoms. The van der Waals surface area contributed by atoms with Crippen LogP contribution in [0.5, 0.6) is 0 Å². The Morgan fingerprint density at radius 2 is 1.67 bits per heavy atom. The van der Waals surface area contributed by atoms with Gasteiger partial charge in [-0.05, 0) is 34.6 Å². The van der Waals surface area contributed by atoms with E-state index in [2.05, 4.69) is 50.5 Å². The highest BCUT2D eigenvalue weighted by Gasteiger charge is 2.13. The average molecular weight is 232 g/mol. The molecule has 1 atom stereocenters. The van der Waals surface area contributed by atoms with Crippen LogP contribution >= 0.6 is 12.6 Å². The third kappa shape index (κ3) is 6.05. The molecule has 15 heavy (non-hydrogen) atoms. The first-order chi connectivity index (χ1) is 6.86. The highest BCUT2D eigenvalue weighted by Crippen LogP contribution is 2.03. The Morgan fingerprint density at radius 3 is 2.00 bits per heavy atom. The minimum atomic E-state index is -0.225. The van der Waals surface area contributed by atoms with Gasteiger partial charge in [-0.25, -0.2) is 0 Å². The molecule has 0 rings (SSSR count). The lowest BCUT2D eigenvalue weighted by molar-refractivity contribution is -0.120. The second kappa shape index (κ2) is 7.12. The smallest absolute Gasteiger partial charge is 0.232 e. The summed E-state index contributed by atoms with van der Waals surface area (Å²) in [5, 5.41) is 2.64. The van der Waals surface area contributed by atoms with Crippen LogP contribution in [0.4, 0.5) is 0 Å². The van der Waals surface area contributed by atoms with Crippen molar-refractivity contribution in [1.82, 2.24) is 10.2 Å². The number of nitrogens with one attached hydrogen (secondary N) is 1. The number of rotatable bonds is 6. The van der Waals surface area contributed by atoms with Gasteiger partial charge in [0.05, 0.1) is 5.25 Å². The number of amides is 1. The normalized spacial score (nSPS) is 13.7. The Balaban J connectivity index is 3.87. The molecule has 0 spiro atoms. The van der Waals surface area contributed by atoms with Gasteiger partial charge in [-0.3, -0.25) is 9.69 Å². The molecular weight excluding hydrogens is 208 g/mol. The summed E-state index contributed by atoms with van der Waals surface area (Å²) in [5.74, 6) is 0.00537. The van der Waals surface area contributed by atoms with Gasteiger partial charge in [0.2, 0.25) is 5.91 Å². The first-order valence-corrected chi connectivity index (χ1v) is 6.09. The molecule has 90 valence electrons. The van der Waals surface area contributed by atoms with Gasteiger partial charge in [-0.15, -0.1) is 0 Å². The number of carbonyl (C=O) groups excluding carboxylic acids is 1. The second-order valence-corrected chi connectivity index (χ2v) is 5.17. The van der Waals surface area contributed by atoms with Gasteiger partial charge >= 0.3 is 0 Å². The average Bonchev–Trinajstić information content (AvgIpc) is 2.10. The van der Waals surface area contributed by atoms with Crippen LogP contribution in [0, 0.1) is 0 Å². The van der Waals surface area contributed by atoms with Gasteiger partial charge < -0.3 is 5.32 Å². The highest BCUT2D eigenvalue weighted by molar-refractivity contribution is 7.81. The maximum atomic E-state index is 11.3. The van der Waals surface area contributed by atoms with Crippen molar-refractivity contribution >= 4 is 18.5 Å². The van der Waals surface area contributed by atoms with Gasteiger partial charge in [0, 0.05) is 25.2 Å². The summed E-state index contributed by atoms with van der Waals surface area (Å²) in [4.78, 5) is 13.6. The highest BCUT2D eigenvalue weighted by atomic mass is 32.1. The van der Waals surface area contributed by atoms with Crippen molar-refractivity contribution in [2.45, 2.75) is 52.0 Å². The summed E-state index contributed by atoms with van der Waals surface area (Å²) in [6.07, 6.45) is 0. The summed E-state index contributed by atoms with van der Waals surface area (Å²) in [6, 6.07) is 1.02. The molecule has 0 aliphatic carbocycles. The maximum Gasteiger partial charge on any atom is 0.232 e. The van der Waals surface area contributed by atoms with Crippen molar-refractivity contribution in [3.63, 3.8) is 0 Å². The second-order valence-electron chi connectivity index (χ2n) is 4.39. The summed E-state index contributed by atoms with van der Waals surface area (Å²) in [5.41, 5.74) is 0. The lowest BCUT2D eigenvalue weighted by Gasteiger charge is -2.30. The summed E-state index contributed by atoms with van der Waals surface area (Å²) < 4.78 is 0. The fraction of sp³-hybridized carbons (Fsp3) is 0.909. The molecule has 3 nitrogen and oxygen atoms in total. The van der Waals surface area contributed by atoms with Crippen molar-refractivity contribution < 1.29 is 4.79 Å². The van der Waals surface area contributed by atoms with E-state index in [1.54, 1.807) is 6.92 Å². The van der Waals surface area contributed by atoms with E-state index >= 15 is 0 Å². The molecular formula is C11H24N2OS. The van der Waals surface area contributed by atoms with Crippen LogP contribution in [0.15, 0.2) is 0 Å². The van der Waals surface area contributed by atoms with Crippen molar-refractivity contribution in [3.8, 4) is 0 Å². The molecule has 0 aliphatic rings. The Labute approximate surface area is 99.0 Å². The molecule has 0 heterocycles. The SMILES string of the molecule is CC(S)C(=O)NCCN(C(C)C)C(C)C. The summed E-state index contributed by atoms with van der Waals surface area (Å²) >= 11 is 4.07. The molecule has 0 fully saturated rings. The Hall–Kier alpha value is -0.220. The molecule has 1 N–H and O–H groups in total. The first-order valence-electron chi connectivity index (χ1n) is 5.57.